The molecule has 2 aromatic rings. The number of aromatic nitrogens is 2. The summed E-state index contributed by atoms with van der Waals surface area (Å²) in [6.07, 6.45) is 5.04. The lowest BCUT2D eigenvalue weighted by molar-refractivity contribution is 0.654. The van der Waals surface area contributed by atoms with Crippen LogP contribution in [0.15, 0.2) is 41.5 Å². The van der Waals surface area contributed by atoms with Gasteiger partial charge in [0.2, 0.25) is 5.56 Å². The van der Waals surface area contributed by atoms with Crippen LogP contribution in [-0.2, 0) is 20.1 Å². The first kappa shape index (κ1) is 12.5. The Morgan fingerprint density at radius 3 is 2.83 bits per heavy atom. The summed E-state index contributed by atoms with van der Waals surface area (Å²) in [5.41, 5.74) is 2.22. The van der Waals surface area contributed by atoms with Crippen LogP contribution in [0.4, 0.5) is 5.69 Å². The smallest absolute Gasteiger partial charge is 0.250 e. The van der Waals surface area contributed by atoms with Crippen molar-refractivity contribution in [1.29, 1.82) is 0 Å². The van der Waals surface area contributed by atoms with Gasteiger partial charge in [-0.3, -0.25) is 4.79 Å². The molecule has 0 fully saturated rings. The van der Waals surface area contributed by atoms with Gasteiger partial charge in [0.15, 0.2) is 0 Å². The molecule has 0 aliphatic heterocycles. The maximum absolute atomic E-state index is 11.3. The van der Waals surface area contributed by atoms with Crippen LogP contribution in [-0.4, -0.2) is 9.13 Å². The highest BCUT2D eigenvalue weighted by Crippen LogP contribution is 2.08. The highest BCUT2D eigenvalue weighted by atomic mass is 16.1. The minimum Gasteiger partial charge on any atom is -0.378 e. The molecule has 2 heterocycles. The van der Waals surface area contributed by atoms with Crippen molar-refractivity contribution in [3.63, 3.8) is 0 Å². The van der Waals surface area contributed by atoms with Gasteiger partial charge in [-0.2, -0.15) is 0 Å². The first-order chi connectivity index (χ1) is 8.70. The van der Waals surface area contributed by atoms with Gasteiger partial charge in [0.05, 0.1) is 12.2 Å². The van der Waals surface area contributed by atoms with Gasteiger partial charge in [0.25, 0.3) is 0 Å². The minimum absolute atomic E-state index is 0.00917. The Kier molecular flexibility index (Phi) is 3.87. The fourth-order valence-electron chi connectivity index (χ4n) is 1.96. The Labute approximate surface area is 107 Å². The van der Waals surface area contributed by atoms with Crippen molar-refractivity contribution in [3.05, 3.63) is 52.7 Å². The summed E-state index contributed by atoms with van der Waals surface area (Å²) in [5.74, 6) is 0. The fraction of sp³-hybridized carbons (Fsp3) is 0.357. The number of nitrogens with zero attached hydrogens (tertiary/aromatic N) is 2. The molecule has 0 saturated carbocycles. The number of hydrogen-bond donors (Lipinski definition) is 1. The largest absolute Gasteiger partial charge is 0.378 e. The lowest BCUT2D eigenvalue weighted by Gasteiger charge is -2.10. The van der Waals surface area contributed by atoms with E-state index in [0.29, 0.717) is 0 Å². The molecule has 96 valence electrons. The van der Waals surface area contributed by atoms with Crippen LogP contribution in [0.25, 0.3) is 0 Å². The van der Waals surface area contributed by atoms with E-state index < -0.39 is 0 Å². The maximum Gasteiger partial charge on any atom is 0.250 e. The molecule has 2 rings (SSSR count). The topological polar surface area (TPSA) is 39.0 Å². The third-order valence-electron chi connectivity index (χ3n) is 2.95. The molecule has 18 heavy (non-hydrogen) atoms. The third-order valence-corrected chi connectivity index (χ3v) is 2.95. The Balaban J connectivity index is 2.04. The second kappa shape index (κ2) is 5.58. The van der Waals surface area contributed by atoms with Crippen LogP contribution >= 0.6 is 0 Å². The molecular weight excluding hydrogens is 226 g/mol. The maximum atomic E-state index is 11.3. The van der Waals surface area contributed by atoms with E-state index in [4.69, 9.17) is 0 Å². The van der Waals surface area contributed by atoms with Crippen LogP contribution in [0.5, 0.6) is 0 Å². The molecule has 0 atom stereocenters. The number of hydrogen-bond acceptors (Lipinski definition) is 2. The number of pyridine rings is 1. The van der Waals surface area contributed by atoms with Gasteiger partial charge in [-0.1, -0.05) is 6.92 Å². The summed E-state index contributed by atoms with van der Waals surface area (Å²) in [4.78, 5) is 11.3. The fourth-order valence-corrected chi connectivity index (χ4v) is 1.96. The summed E-state index contributed by atoms with van der Waals surface area (Å²) in [6.45, 7) is 3.98. The molecule has 0 unspecified atom stereocenters. The van der Waals surface area contributed by atoms with Gasteiger partial charge >= 0.3 is 0 Å². The van der Waals surface area contributed by atoms with E-state index in [-0.39, 0.29) is 5.56 Å². The monoisotopic (exact) mass is 245 g/mol. The minimum atomic E-state index is 0.00917. The molecule has 0 aliphatic carbocycles. The lowest BCUT2D eigenvalue weighted by Crippen LogP contribution is -2.15. The third kappa shape index (κ3) is 2.83. The zero-order chi connectivity index (χ0) is 13.0. The predicted molar refractivity (Wildman–Crippen MR) is 73.7 cm³/mol. The van der Waals surface area contributed by atoms with Crippen molar-refractivity contribution < 1.29 is 0 Å². The Bertz CT molecular complexity index is 568. The molecule has 1 N–H and O–H groups in total. The first-order valence-electron chi connectivity index (χ1n) is 6.25. The molecule has 0 radical (unpaired) electrons. The molecule has 0 bridgehead atoms. The molecule has 0 aromatic carbocycles. The molecule has 0 amide bonds. The van der Waals surface area contributed by atoms with E-state index in [1.807, 2.05) is 12.3 Å². The van der Waals surface area contributed by atoms with Gasteiger partial charge < -0.3 is 14.5 Å². The summed E-state index contributed by atoms with van der Waals surface area (Å²) in [6, 6.07) is 7.57. The summed E-state index contributed by atoms with van der Waals surface area (Å²) in [7, 11) is 1.76. The van der Waals surface area contributed by atoms with E-state index in [2.05, 4.69) is 35.1 Å². The van der Waals surface area contributed by atoms with Gasteiger partial charge in [-0.25, -0.2) is 0 Å². The molecule has 4 heteroatoms. The normalized spacial score (nSPS) is 10.6. The zero-order valence-corrected chi connectivity index (χ0v) is 10.9. The van der Waals surface area contributed by atoms with Crippen molar-refractivity contribution >= 4 is 5.69 Å². The van der Waals surface area contributed by atoms with Crippen LogP contribution in [0, 0.1) is 0 Å². The van der Waals surface area contributed by atoms with Crippen LogP contribution in [0.3, 0.4) is 0 Å². The van der Waals surface area contributed by atoms with Crippen LogP contribution in [0.1, 0.15) is 19.0 Å². The van der Waals surface area contributed by atoms with E-state index in [1.54, 1.807) is 17.7 Å². The SMILES string of the molecule is CCCn1cccc1CNc1ccc(=O)n(C)c1. The first-order valence-corrected chi connectivity index (χ1v) is 6.25. The summed E-state index contributed by atoms with van der Waals surface area (Å²) in [5, 5.41) is 3.33. The highest BCUT2D eigenvalue weighted by Gasteiger charge is 2.00. The van der Waals surface area contributed by atoms with E-state index >= 15 is 0 Å². The van der Waals surface area contributed by atoms with Crippen molar-refractivity contribution in [3.8, 4) is 0 Å². The van der Waals surface area contributed by atoms with Gasteiger partial charge in [0.1, 0.15) is 0 Å². The number of rotatable bonds is 5. The zero-order valence-electron chi connectivity index (χ0n) is 10.9. The number of aryl methyl sites for hydroxylation is 2. The highest BCUT2D eigenvalue weighted by molar-refractivity contribution is 5.40. The molecule has 2 aromatic heterocycles. The number of nitrogens with one attached hydrogen (secondary N) is 1. The van der Waals surface area contributed by atoms with E-state index in [9.17, 15) is 4.79 Å². The van der Waals surface area contributed by atoms with Gasteiger partial charge in [-0.15, -0.1) is 0 Å². The van der Waals surface area contributed by atoms with E-state index in [0.717, 1.165) is 25.2 Å². The average Bonchev–Trinajstić information content (AvgIpc) is 2.79. The molecule has 0 spiro atoms. The molecular formula is C14H19N3O. The van der Waals surface area contributed by atoms with Gasteiger partial charge in [-0.05, 0) is 24.6 Å². The molecule has 4 nitrogen and oxygen atoms in total. The second-order valence-electron chi connectivity index (χ2n) is 4.41. The lowest BCUT2D eigenvalue weighted by atomic mass is 10.3. The van der Waals surface area contributed by atoms with Gasteiger partial charge in [0, 0.05) is 37.7 Å². The van der Waals surface area contributed by atoms with Crippen molar-refractivity contribution in [1.82, 2.24) is 9.13 Å². The van der Waals surface area contributed by atoms with Crippen LogP contribution in [0.2, 0.25) is 0 Å². The summed E-state index contributed by atoms with van der Waals surface area (Å²) >= 11 is 0. The van der Waals surface area contributed by atoms with E-state index in [1.165, 1.54) is 5.69 Å². The standard InChI is InChI=1S/C14H19N3O/c1-3-8-17-9-4-5-13(17)10-15-12-6-7-14(18)16(2)11-12/h4-7,9,11,15H,3,8,10H2,1-2H3. The average molecular weight is 245 g/mol. The quantitative estimate of drug-likeness (QED) is 0.877. The molecule has 0 aliphatic rings. The van der Waals surface area contributed by atoms with Crippen LogP contribution < -0.4 is 10.9 Å². The Morgan fingerprint density at radius 2 is 2.11 bits per heavy atom. The Hall–Kier alpha value is -1.97. The van der Waals surface area contributed by atoms with Crippen molar-refractivity contribution in [2.45, 2.75) is 26.4 Å². The van der Waals surface area contributed by atoms with Crippen molar-refractivity contribution in [2.24, 2.45) is 7.05 Å². The Morgan fingerprint density at radius 1 is 1.28 bits per heavy atom. The molecule has 0 saturated heterocycles. The van der Waals surface area contributed by atoms with Crippen molar-refractivity contribution in [2.75, 3.05) is 5.32 Å². The summed E-state index contributed by atoms with van der Waals surface area (Å²) < 4.78 is 3.82. The number of anilines is 1. The second-order valence-corrected chi connectivity index (χ2v) is 4.41. The predicted octanol–water partition coefficient (Wildman–Crippen LogP) is 2.21.